The van der Waals surface area contributed by atoms with E-state index in [0.717, 1.165) is 48.5 Å². The Balaban J connectivity index is 1.80. The third-order valence-corrected chi connectivity index (χ3v) is 5.18. The largest absolute Gasteiger partial charge is 0.353 e. The fourth-order valence-electron chi connectivity index (χ4n) is 3.83. The number of benzene rings is 2. The Labute approximate surface area is 162 Å². The number of nitrogens with zero attached hydrogens (tertiary/aromatic N) is 4. The highest BCUT2D eigenvalue weighted by Gasteiger charge is 2.22. The fourth-order valence-corrected chi connectivity index (χ4v) is 3.83. The Morgan fingerprint density at radius 2 is 1.64 bits per heavy atom. The van der Waals surface area contributed by atoms with E-state index in [2.05, 4.69) is 32.3 Å². The Hall–Kier alpha value is -3.25. The average molecular weight is 373 g/mol. The number of piperazine rings is 1. The molecule has 5 rings (SSSR count). The van der Waals surface area contributed by atoms with Gasteiger partial charge in [0.1, 0.15) is 18.0 Å². The normalized spacial score (nSPS) is 14.5. The second kappa shape index (κ2) is 7.05. The summed E-state index contributed by atoms with van der Waals surface area (Å²) in [6, 6.07) is 16.9. The number of aromatic nitrogens is 3. The van der Waals surface area contributed by atoms with Crippen LogP contribution in [-0.4, -0.2) is 40.7 Å². The lowest BCUT2D eigenvalue weighted by atomic mass is 10.1. The molecule has 3 heterocycles. The Kier molecular flexibility index (Phi) is 4.25. The summed E-state index contributed by atoms with van der Waals surface area (Å²) in [5.74, 6) is 0.627. The zero-order valence-corrected chi connectivity index (χ0v) is 15.3. The standard InChI is InChI=1S/C22H20FN5/c23-18-8-4-5-9-19(18)28-14-17(16-6-2-1-3-7-16)20-21(25-15-26-22(20)28)27-12-10-24-11-13-27/h1-9,14-15,24H,10-13H2. The number of para-hydroxylation sites is 1. The minimum Gasteiger partial charge on any atom is -0.353 e. The van der Waals surface area contributed by atoms with Gasteiger partial charge in [0.25, 0.3) is 0 Å². The molecule has 1 aliphatic rings. The van der Waals surface area contributed by atoms with Crippen LogP contribution in [0.2, 0.25) is 0 Å². The molecule has 5 nitrogen and oxygen atoms in total. The van der Waals surface area contributed by atoms with Crippen LogP contribution in [0.25, 0.3) is 27.8 Å². The highest BCUT2D eigenvalue weighted by Crippen LogP contribution is 2.37. The summed E-state index contributed by atoms with van der Waals surface area (Å²) in [7, 11) is 0. The van der Waals surface area contributed by atoms with Crippen molar-refractivity contribution in [2.75, 3.05) is 31.1 Å². The quantitative estimate of drug-likeness (QED) is 0.596. The molecule has 0 aliphatic carbocycles. The van der Waals surface area contributed by atoms with Gasteiger partial charge in [-0.2, -0.15) is 0 Å². The Bertz CT molecular complexity index is 1120. The summed E-state index contributed by atoms with van der Waals surface area (Å²) in [6.45, 7) is 3.59. The fraction of sp³-hybridized carbons (Fsp3) is 0.182. The van der Waals surface area contributed by atoms with Crippen molar-refractivity contribution in [3.8, 4) is 16.8 Å². The maximum atomic E-state index is 14.6. The molecule has 0 amide bonds. The molecule has 6 heteroatoms. The van der Waals surface area contributed by atoms with E-state index < -0.39 is 0 Å². The summed E-state index contributed by atoms with van der Waals surface area (Å²) in [5, 5.41) is 4.33. The van der Waals surface area contributed by atoms with E-state index in [4.69, 9.17) is 0 Å². The van der Waals surface area contributed by atoms with Crippen molar-refractivity contribution in [2.45, 2.75) is 0 Å². The van der Waals surface area contributed by atoms with Crippen molar-refractivity contribution < 1.29 is 4.39 Å². The molecule has 0 saturated carbocycles. The first-order valence-electron chi connectivity index (χ1n) is 9.45. The van der Waals surface area contributed by atoms with Gasteiger partial charge < -0.3 is 10.2 Å². The minimum atomic E-state index is -0.277. The van der Waals surface area contributed by atoms with Crippen molar-refractivity contribution in [1.29, 1.82) is 0 Å². The van der Waals surface area contributed by atoms with Gasteiger partial charge in [0.2, 0.25) is 0 Å². The molecule has 0 radical (unpaired) electrons. The number of halogens is 1. The number of fused-ring (bicyclic) bond motifs is 1. The third-order valence-electron chi connectivity index (χ3n) is 5.18. The smallest absolute Gasteiger partial charge is 0.150 e. The summed E-state index contributed by atoms with van der Waals surface area (Å²) in [6.07, 6.45) is 3.55. The zero-order valence-electron chi connectivity index (χ0n) is 15.3. The second-order valence-corrected chi connectivity index (χ2v) is 6.86. The van der Waals surface area contributed by atoms with Crippen molar-refractivity contribution in [1.82, 2.24) is 19.9 Å². The summed E-state index contributed by atoms with van der Waals surface area (Å²) in [5.41, 5.74) is 3.27. The Morgan fingerprint density at radius 3 is 2.43 bits per heavy atom. The van der Waals surface area contributed by atoms with Gasteiger partial charge in [-0.15, -0.1) is 0 Å². The maximum absolute atomic E-state index is 14.6. The molecule has 28 heavy (non-hydrogen) atoms. The lowest BCUT2D eigenvalue weighted by Gasteiger charge is -2.29. The van der Waals surface area contributed by atoms with E-state index in [9.17, 15) is 4.39 Å². The van der Waals surface area contributed by atoms with E-state index in [0.29, 0.717) is 11.3 Å². The molecular weight excluding hydrogens is 353 g/mol. The topological polar surface area (TPSA) is 46.0 Å². The molecule has 1 saturated heterocycles. The van der Waals surface area contributed by atoms with Gasteiger partial charge in [-0.3, -0.25) is 4.57 Å². The average Bonchev–Trinajstić information content (AvgIpc) is 3.15. The zero-order chi connectivity index (χ0) is 18.9. The lowest BCUT2D eigenvalue weighted by molar-refractivity contribution is 0.586. The molecular formula is C22H20FN5. The van der Waals surface area contributed by atoms with Crippen LogP contribution in [0.4, 0.5) is 10.2 Å². The predicted octanol–water partition coefficient (Wildman–Crippen LogP) is 3.64. The highest BCUT2D eigenvalue weighted by molar-refractivity contribution is 6.02. The third kappa shape index (κ3) is 2.82. The maximum Gasteiger partial charge on any atom is 0.150 e. The molecule has 2 aromatic carbocycles. The molecule has 0 atom stereocenters. The number of hydrogen-bond donors (Lipinski definition) is 1. The van der Waals surface area contributed by atoms with E-state index in [1.54, 1.807) is 18.5 Å². The van der Waals surface area contributed by atoms with Crippen LogP contribution in [0.1, 0.15) is 0 Å². The lowest BCUT2D eigenvalue weighted by Crippen LogP contribution is -2.44. The number of anilines is 1. The number of rotatable bonds is 3. The number of hydrogen-bond acceptors (Lipinski definition) is 4. The molecule has 140 valence electrons. The molecule has 2 aromatic heterocycles. The van der Waals surface area contributed by atoms with Crippen LogP contribution >= 0.6 is 0 Å². The van der Waals surface area contributed by atoms with E-state index >= 15 is 0 Å². The van der Waals surface area contributed by atoms with E-state index in [1.165, 1.54) is 6.07 Å². The number of nitrogens with one attached hydrogen (secondary N) is 1. The van der Waals surface area contributed by atoms with Crippen LogP contribution in [-0.2, 0) is 0 Å². The second-order valence-electron chi connectivity index (χ2n) is 6.86. The van der Waals surface area contributed by atoms with Crippen molar-refractivity contribution in [2.24, 2.45) is 0 Å². The van der Waals surface area contributed by atoms with Crippen LogP contribution in [0.5, 0.6) is 0 Å². The van der Waals surface area contributed by atoms with Gasteiger partial charge >= 0.3 is 0 Å². The molecule has 1 aliphatic heterocycles. The minimum absolute atomic E-state index is 0.277. The van der Waals surface area contributed by atoms with Crippen molar-refractivity contribution >= 4 is 16.9 Å². The first-order chi connectivity index (χ1) is 13.8. The van der Waals surface area contributed by atoms with E-state index in [-0.39, 0.29) is 5.82 Å². The first kappa shape index (κ1) is 16.9. The summed E-state index contributed by atoms with van der Waals surface area (Å²) < 4.78 is 16.4. The van der Waals surface area contributed by atoms with Crippen LogP contribution in [0.3, 0.4) is 0 Å². The molecule has 4 aromatic rings. The van der Waals surface area contributed by atoms with Crippen molar-refractivity contribution in [3.63, 3.8) is 0 Å². The predicted molar refractivity (Wildman–Crippen MR) is 109 cm³/mol. The van der Waals surface area contributed by atoms with Crippen molar-refractivity contribution in [3.05, 3.63) is 72.9 Å². The molecule has 1 fully saturated rings. The summed E-state index contributed by atoms with van der Waals surface area (Å²) in [4.78, 5) is 11.4. The summed E-state index contributed by atoms with van der Waals surface area (Å²) >= 11 is 0. The molecule has 0 spiro atoms. The van der Waals surface area contributed by atoms with Gasteiger partial charge in [0, 0.05) is 37.9 Å². The molecule has 0 unspecified atom stereocenters. The monoisotopic (exact) mass is 373 g/mol. The first-order valence-corrected chi connectivity index (χ1v) is 9.45. The van der Waals surface area contributed by atoms with Crippen LogP contribution in [0, 0.1) is 5.82 Å². The van der Waals surface area contributed by atoms with Gasteiger partial charge in [0.05, 0.1) is 11.1 Å². The van der Waals surface area contributed by atoms with Gasteiger partial charge in [-0.05, 0) is 17.7 Å². The Morgan fingerprint density at radius 1 is 0.893 bits per heavy atom. The van der Waals surface area contributed by atoms with Gasteiger partial charge in [0.15, 0.2) is 5.65 Å². The van der Waals surface area contributed by atoms with Gasteiger partial charge in [-0.25, -0.2) is 14.4 Å². The SMILES string of the molecule is Fc1ccccc1-n1cc(-c2ccccc2)c2c(N3CCNCC3)ncnc21. The highest BCUT2D eigenvalue weighted by atomic mass is 19.1. The molecule has 1 N–H and O–H groups in total. The van der Waals surface area contributed by atoms with E-state index in [1.807, 2.05) is 35.0 Å². The van der Waals surface area contributed by atoms with Crippen LogP contribution < -0.4 is 10.2 Å². The molecule has 0 bridgehead atoms. The van der Waals surface area contributed by atoms with Gasteiger partial charge in [-0.1, -0.05) is 42.5 Å². The van der Waals surface area contributed by atoms with Crippen LogP contribution in [0.15, 0.2) is 67.1 Å².